The average molecular weight is 527 g/mol. The standard InChI is InChI=1S/C28H31ClN2O4S/c1-19-17-22(18-20(2)26(19)29)35-15-8-12-24-23-11-6-7-13-25(23)30-27(24)28(32)31-36(33,34)16-14-21-9-4-3-5-10-21/h3-7,9-11,13,17-18,24,27,30H,8,12,14-16H2,1-2H3,(H,31,32). The number of rotatable bonds is 10. The Morgan fingerprint density at radius 2 is 1.69 bits per heavy atom. The summed E-state index contributed by atoms with van der Waals surface area (Å²) in [4.78, 5) is 13.1. The third-order valence-electron chi connectivity index (χ3n) is 6.45. The van der Waals surface area contributed by atoms with Crippen LogP contribution in [0, 0.1) is 13.8 Å². The highest BCUT2D eigenvalue weighted by atomic mass is 35.5. The fourth-order valence-electron chi connectivity index (χ4n) is 4.62. The van der Waals surface area contributed by atoms with E-state index in [1.165, 1.54) is 0 Å². The molecule has 36 heavy (non-hydrogen) atoms. The van der Waals surface area contributed by atoms with Gasteiger partial charge in [0.25, 0.3) is 5.91 Å². The minimum absolute atomic E-state index is 0.152. The number of carbonyl (C=O) groups is 1. The van der Waals surface area contributed by atoms with Crippen molar-refractivity contribution in [2.45, 2.75) is 45.1 Å². The van der Waals surface area contributed by atoms with E-state index < -0.39 is 22.0 Å². The Hall–Kier alpha value is -3.03. The van der Waals surface area contributed by atoms with E-state index in [-0.39, 0.29) is 11.7 Å². The van der Waals surface area contributed by atoms with E-state index in [9.17, 15) is 13.2 Å². The number of hydrogen-bond donors (Lipinski definition) is 2. The molecule has 0 saturated heterocycles. The number of aryl methyl sites for hydroxylation is 3. The number of nitrogens with one attached hydrogen (secondary N) is 2. The smallest absolute Gasteiger partial charge is 0.256 e. The van der Waals surface area contributed by atoms with Gasteiger partial charge in [-0.1, -0.05) is 60.1 Å². The zero-order chi connectivity index (χ0) is 25.7. The largest absolute Gasteiger partial charge is 0.494 e. The molecule has 1 heterocycles. The Kier molecular flexibility index (Phi) is 8.21. The molecule has 0 aliphatic carbocycles. The number of sulfonamides is 1. The van der Waals surface area contributed by atoms with Crippen molar-refractivity contribution in [2.24, 2.45) is 0 Å². The highest BCUT2D eigenvalue weighted by molar-refractivity contribution is 7.90. The molecule has 190 valence electrons. The third kappa shape index (κ3) is 6.39. The summed E-state index contributed by atoms with van der Waals surface area (Å²) < 4.78 is 33.6. The number of benzene rings is 3. The minimum Gasteiger partial charge on any atom is -0.494 e. The lowest BCUT2D eigenvalue weighted by Crippen LogP contribution is -2.44. The zero-order valence-electron chi connectivity index (χ0n) is 20.5. The molecule has 0 bridgehead atoms. The van der Waals surface area contributed by atoms with Crippen LogP contribution < -0.4 is 14.8 Å². The van der Waals surface area contributed by atoms with Crippen LogP contribution in [0.25, 0.3) is 0 Å². The number of anilines is 1. The maximum atomic E-state index is 13.1. The molecule has 0 saturated carbocycles. The molecule has 0 aromatic heterocycles. The van der Waals surface area contributed by atoms with Gasteiger partial charge >= 0.3 is 0 Å². The van der Waals surface area contributed by atoms with Crippen molar-refractivity contribution in [1.82, 2.24) is 4.72 Å². The summed E-state index contributed by atoms with van der Waals surface area (Å²) >= 11 is 6.24. The number of halogens is 1. The second kappa shape index (κ2) is 11.4. The van der Waals surface area contributed by atoms with E-state index in [0.717, 1.165) is 38.7 Å². The maximum absolute atomic E-state index is 13.1. The van der Waals surface area contributed by atoms with Crippen LogP contribution in [0.4, 0.5) is 5.69 Å². The molecule has 3 aromatic rings. The van der Waals surface area contributed by atoms with Crippen molar-refractivity contribution in [2.75, 3.05) is 17.7 Å². The van der Waals surface area contributed by atoms with E-state index in [4.69, 9.17) is 16.3 Å². The zero-order valence-corrected chi connectivity index (χ0v) is 22.0. The SMILES string of the molecule is Cc1cc(OCCCC2c3ccccc3NC2C(=O)NS(=O)(=O)CCc2ccccc2)cc(C)c1Cl. The molecule has 2 unspecified atom stereocenters. The molecule has 3 aromatic carbocycles. The molecule has 2 atom stereocenters. The summed E-state index contributed by atoms with van der Waals surface area (Å²) in [5.41, 5.74) is 4.70. The number of hydrogen-bond acceptors (Lipinski definition) is 5. The van der Waals surface area contributed by atoms with Crippen LogP contribution in [0.15, 0.2) is 66.7 Å². The molecular weight excluding hydrogens is 496 g/mol. The molecule has 1 aliphatic rings. The Labute approximate surface area is 218 Å². The first kappa shape index (κ1) is 26.0. The fraction of sp³-hybridized carbons (Fsp3) is 0.321. The Morgan fingerprint density at radius 1 is 1.03 bits per heavy atom. The number of ether oxygens (including phenoxy) is 1. The average Bonchev–Trinajstić information content (AvgIpc) is 3.23. The Bertz CT molecular complexity index is 1310. The fourth-order valence-corrected chi connectivity index (χ4v) is 5.77. The molecular formula is C28H31ClN2O4S. The van der Waals surface area contributed by atoms with Crippen molar-refractivity contribution in [1.29, 1.82) is 0 Å². The first-order chi connectivity index (χ1) is 17.2. The predicted molar refractivity (Wildman–Crippen MR) is 144 cm³/mol. The number of para-hydroxylation sites is 1. The molecule has 4 rings (SSSR count). The minimum atomic E-state index is -3.78. The second-order valence-electron chi connectivity index (χ2n) is 9.20. The van der Waals surface area contributed by atoms with Crippen LogP contribution in [0.1, 0.15) is 41.0 Å². The topological polar surface area (TPSA) is 84.5 Å². The van der Waals surface area contributed by atoms with Gasteiger partial charge in [-0.25, -0.2) is 8.42 Å². The summed E-state index contributed by atoms with van der Waals surface area (Å²) in [6.07, 6.45) is 1.70. The van der Waals surface area contributed by atoms with E-state index in [0.29, 0.717) is 25.9 Å². The monoisotopic (exact) mass is 526 g/mol. The Morgan fingerprint density at radius 3 is 2.42 bits per heavy atom. The van der Waals surface area contributed by atoms with E-state index in [1.807, 2.05) is 80.6 Å². The third-order valence-corrected chi connectivity index (χ3v) is 8.30. The molecule has 8 heteroatoms. The lowest BCUT2D eigenvalue weighted by Gasteiger charge is -2.20. The van der Waals surface area contributed by atoms with E-state index in [1.54, 1.807) is 0 Å². The summed E-state index contributed by atoms with van der Waals surface area (Å²) in [6.45, 7) is 4.36. The number of carbonyl (C=O) groups excluding carboxylic acids is 1. The first-order valence-electron chi connectivity index (χ1n) is 12.1. The molecule has 6 nitrogen and oxygen atoms in total. The summed E-state index contributed by atoms with van der Waals surface area (Å²) in [5.74, 6) is -0.0870. The lowest BCUT2D eigenvalue weighted by molar-refractivity contribution is -0.120. The molecule has 1 amide bonds. The van der Waals surface area contributed by atoms with Gasteiger partial charge in [-0.05, 0) is 73.6 Å². The number of amides is 1. The maximum Gasteiger partial charge on any atom is 0.256 e. The van der Waals surface area contributed by atoms with E-state index in [2.05, 4.69) is 10.0 Å². The normalized spacial score (nSPS) is 16.8. The summed E-state index contributed by atoms with van der Waals surface area (Å²) in [7, 11) is -3.78. The van der Waals surface area contributed by atoms with Crippen LogP contribution in [-0.2, 0) is 21.2 Å². The lowest BCUT2D eigenvalue weighted by atomic mass is 9.90. The van der Waals surface area contributed by atoms with Crippen molar-refractivity contribution < 1.29 is 17.9 Å². The number of fused-ring (bicyclic) bond motifs is 1. The molecule has 2 N–H and O–H groups in total. The predicted octanol–water partition coefficient (Wildman–Crippen LogP) is 5.38. The second-order valence-corrected chi connectivity index (χ2v) is 11.4. The first-order valence-corrected chi connectivity index (χ1v) is 14.1. The summed E-state index contributed by atoms with van der Waals surface area (Å²) in [5, 5.41) is 3.97. The van der Waals surface area contributed by atoms with Crippen molar-refractivity contribution in [3.05, 3.63) is 94.0 Å². The van der Waals surface area contributed by atoms with Crippen LogP contribution in [0.2, 0.25) is 5.02 Å². The van der Waals surface area contributed by atoms with Crippen LogP contribution in [0.5, 0.6) is 5.75 Å². The van der Waals surface area contributed by atoms with Gasteiger partial charge in [-0.15, -0.1) is 0 Å². The van der Waals surface area contributed by atoms with Crippen molar-refractivity contribution in [3.8, 4) is 5.75 Å². The van der Waals surface area contributed by atoms with Gasteiger partial charge in [0, 0.05) is 16.6 Å². The van der Waals surface area contributed by atoms with Gasteiger partial charge in [-0.2, -0.15) is 0 Å². The molecule has 0 fully saturated rings. The van der Waals surface area contributed by atoms with Crippen molar-refractivity contribution in [3.63, 3.8) is 0 Å². The van der Waals surface area contributed by atoms with Gasteiger partial charge in [-0.3, -0.25) is 9.52 Å². The van der Waals surface area contributed by atoms with E-state index >= 15 is 0 Å². The summed E-state index contributed by atoms with van der Waals surface area (Å²) in [6, 6.07) is 20.2. The van der Waals surface area contributed by atoms with Crippen LogP contribution in [0.3, 0.4) is 0 Å². The van der Waals surface area contributed by atoms with Gasteiger partial charge in [0.15, 0.2) is 0 Å². The highest BCUT2D eigenvalue weighted by Gasteiger charge is 2.37. The quantitative estimate of drug-likeness (QED) is 0.346. The van der Waals surface area contributed by atoms with Gasteiger partial charge in [0.2, 0.25) is 10.0 Å². The van der Waals surface area contributed by atoms with Crippen molar-refractivity contribution >= 4 is 33.2 Å². The highest BCUT2D eigenvalue weighted by Crippen LogP contribution is 2.39. The molecule has 1 aliphatic heterocycles. The van der Waals surface area contributed by atoms with Gasteiger partial charge < -0.3 is 10.1 Å². The van der Waals surface area contributed by atoms with Crippen LogP contribution in [-0.4, -0.2) is 32.7 Å². The Balaban J connectivity index is 1.38. The van der Waals surface area contributed by atoms with Gasteiger partial charge in [0.05, 0.1) is 12.4 Å². The van der Waals surface area contributed by atoms with Crippen LogP contribution >= 0.6 is 11.6 Å². The molecule has 0 radical (unpaired) electrons. The van der Waals surface area contributed by atoms with Gasteiger partial charge in [0.1, 0.15) is 11.8 Å². The molecule has 0 spiro atoms.